The lowest BCUT2D eigenvalue weighted by atomic mass is 10.2. The maximum Gasteiger partial charge on any atom is 0.333 e. The molecule has 4 heteroatoms. The molecule has 13 heavy (non-hydrogen) atoms. The number of aliphatic hydroxyl groups excluding tert-OH is 2. The van der Waals surface area contributed by atoms with Crippen LogP contribution in [0.25, 0.3) is 0 Å². The van der Waals surface area contributed by atoms with Crippen molar-refractivity contribution in [3.8, 4) is 0 Å². The largest absolute Gasteiger partial charge is 0.456 e. The molecular formula is C9H16O4. The normalized spacial score (nSPS) is 14.0. The topological polar surface area (TPSA) is 66.8 Å². The Bertz CT molecular complexity index is 186. The summed E-state index contributed by atoms with van der Waals surface area (Å²) in [4.78, 5) is 11.1. The van der Waals surface area contributed by atoms with Gasteiger partial charge in [-0.25, -0.2) is 4.79 Å². The van der Waals surface area contributed by atoms with Crippen LogP contribution in [0.1, 0.15) is 20.3 Å². The van der Waals surface area contributed by atoms with Crippen molar-refractivity contribution >= 4 is 5.97 Å². The molecule has 0 aromatic rings. The number of esters is 1. The van der Waals surface area contributed by atoms with Gasteiger partial charge in [-0.15, -0.1) is 0 Å². The van der Waals surface area contributed by atoms with Crippen LogP contribution in [0.15, 0.2) is 11.6 Å². The number of hydrogen-bond donors (Lipinski definition) is 2. The van der Waals surface area contributed by atoms with E-state index in [0.717, 1.165) is 0 Å². The molecule has 2 N–H and O–H groups in total. The van der Waals surface area contributed by atoms with Crippen LogP contribution in [0.2, 0.25) is 0 Å². The number of aliphatic hydroxyl groups is 2. The third-order valence-electron chi connectivity index (χ3n) is 1.68. The van der Waals surface area contributed by atoms with Gasteiger partial charge in [0.15, 0.2) is 0 Å². The number of carbonyl (C=O) groups is 1. The smallest absolute Gasteiger partial charge is 0.333 e. The molecule has 0 aliphatic rings. The first kappa shape index (κ1) is 12.1. The molecule has 4 nitrogen and oxygen atoms in total. The van der Waals surface area contributed by atoms with Gasteiger partial charge in [-0.3, -0.25) is 0 Å². The van der Waals surface area contributed by atoms with E-state index in [2.05, 4.69) is 0 Å². The second kappa shape index (κ2) is 6.62. The van der Waals surface area contributed by atoms with Crippen molar-refractivity contribution in [1.29, 1.82) is 0 Å². The van der Waals surface area contributed by atoms with Crippen molar-refractivity contribution < 1.29 is 19.7 Å². The Morgan fingerprint density at radius 2 is 2.15 bits per heavy atom. The quantitative estimate of drug-likeness (QED) is 0.479. The highest BCUT2D eigenvalue weighted by Crippen LogP contribution is 2.03. The SMILES string of the molecule is CC=C(C)C(=O)OC(CO)CCO. The fraction of sp³-hybridized carbons (Fsp3) is 0.667. The van der Waals surface area contributed by atoms with E-state index in [4.69, 9.17) is 14.9 Å². The minimum Gasteiger partial charge on any atom is -0.456 e. The summed E-state index contributed by atoms with van der Waals surface area (Å²) in [5.74, 6) is -0.449. The monoisotopic (exact) mass is 188 g/mol. The highest BCUT2D eigenvalue weighted by Gasteiger charge is 2.13. The van der Waals surface area contributed by atoms with Crippen LogP contribution in [0.4, 0.5) is 0 Å². The van der Waals surface area contributed by atoms with Crippen LogP contribution in [0, 0.1) is 0 Å². The summed E-state index contributed by atoms with van der Waals surface area (Å²) in [5, 5.41) is 17.3. The van der Waals surface area contributed by atoms with E-state index in [1.807, 2.05) is 0 Å². The van der Waals surface area contributed by atoms with Gasteiger partial charge in [-0.2, -0.15) is 0 Å². The van der Waals surface area contributed by atoms with Crippen molar-refractivity contribution in [2.45, 2.75) is 26.4 Å². The van der Waals surface area contributed by atoms with E-state index < -0.39 is 12.1 Å². The summed E-state index contributed by atoms with van der Waals surface area (Å²) in [7, 11) is 0. The van der Waals surface area contributed by atoms with Crippen LogP contribution in [-0.2, 0) is 9.53 Å². The van der Waals surface area contributed by atoms with Gasteiger partial charge < -0.3 is 14.9 Å². The molecule has 0 saturated heterocycles. The molecule has 1 atom stereocenters. The predicted molar refractivity (Wildman–Crippen MR) is 48.1 cm³/mol. The van der Waals surface area contributed by atoms with Gasteiger partial charge in [0.25, 0.3) is 0 Å². The fourth-order valence-corrected chi connectivity index (χ4v) is 0.694. The van der Waals surface area contributed by atoms with E-state index in [9.17, 15) is 4.79 Å². The standard InChI is InChI=1S/C9H16O4/c1-3-7(2)9(12)13-8(6-11)4-5-10/h3,8,10-11H,4-6H2,1-2H3. The Labute approximate surface area is 77.8 Å². The first-order chi connectivity index (χ1) is 6.15. The van der Waals surface area contributed by atoms with Crippen molar-refractivity contribution in [3.63, 3.8) is 0 Å². The van der Waals surface area contributed by atoms with Gasteiger partial charge in [0.1, 0.15) is 6.10 Å². The highest BCUT2D eigenvalue weighted by atomic mass is 16.6. The first-order valence-electron chi connectivity index (χ1n) is 4.21. The van der Waals surface area contributed by atoms with Crippen LogP contribution in [0.3, 0.4) is 0 Å². The molecule has 0 aliphatic heterocycles. The average Bonchev–Trinajstić information content (AvgIpc) is 2.15. The highest BCUT2D eigenvalue weighted by molar-refractivity contribution is 5.87. The zero-order valence-electron chi connectivity index (χ0n) is 7.99. The van der Waals surface area contributed by atoms with Crippen molar-refractivity contribution in [1.82, 2.24) is 0 Å². The second-order valence-corrected chi connectivity index (χ2v) is 2.69. The van der Waals surface area contributed by atoms with E-state index in [1.165, 1.54) is 0 Å². The molecule has 1 unspecified atom stereocenters. The van der Waals surface area contributed by atoms with Gasteiger partial charge in [0.2, 0.25) is 0 Å². The van der Waals surface area contributed by atoms with E-state index in [0.29, 0.717) is 5.57 Å². The second-order valence-electron chi connectivity index (χ2n) is 2.69. The summed E-state index contributed by atoms with van der Waals surface area (Å²) >= 11 is 0. The summed E-state index contributed by atoms with van der Waals surface area (Å²) in [6.45, 7) is 3.00. The first-order valence-corrected chi connectivity index (χ1v) is 4.21. The molecular weight excluding hydrogens is 172 g/mol. The molecule has 0 spiro atoms. The minimum atomic E-state index is -0.604. The number of rotatable bonds is 5. The van der Waals surface area contributed by atoms with Crippen LogP contribution >= 0.6 is 0 Å². The molecule has 0 amide bonds. The lowest BCUT2D eigenvalue weighted by Gasteiger charge is -2.13. The Morgan fingerprint density at radius 3 is 2.54 bits per heavy atom. The number of ether oxygens (including phenoxy) is 1. The van der Waals surface area contributed by atoms with Crippen molar-refractivity contribution in [2.75, 3.05) is 13.2 Å². The van der Waals surface area contributed by atoms with Crippen molar-refractivity contribution in [2.24, 2.45) is 0 Å². The Morgan fingerprint density at radius 1 is 1.54 bits per heavy atom. The van der Waals surface area contributed by atoms with E-state index in [1.54, 1.807) is 19.9 Å². The van der Waals surface area contributed by atoms with Gasteiger partial charge in [0, 0.05) is 18.6 Å². The molecule has 0 radical (unpaired) electrons. The van der Waals surface area contributed by atoms with Gasteiger partial charge in [-0.05, 0) is 13.8 Å². The summed E-state index contributed by atoms with van der Waals surface area (Å²) in [6.07, 6.45) is 1.29. The number of hydrogen-bond acceptors (Lipinski definition) is 4. The summed E-state index contributed by atoms with van der Waals surface area (Å²) in [6, 6.07) is 0. The van der Waals surface area contributed by atoms with Gasteiger partial charge in [-0.1, -0.05) is 6.08 Å². The fourth-order valence-electron chi connectivity index (χ4n) is 0.694. The zero-order valence-corrected chi connectivity index (χ0v) is 7.99. The van der Waals surface area contributed by atoms with Gasteiger partial charge >= 0.3 is 5.97 Å². The third kappa shape index (κ3) is 4.65. The molecule has 0 aromatic carbocycles. The summed E-state index contributed by atoms with van der Waals surface area (Å²) < 4.78 is 4.88. The van der Waals surface area contributed by atoms with Crippen molar-refractivity contribution in [3.05, 3.63) is 11.6 Å². The molecule has 0 aromatic heterocycles. The average molecular weight is 188 g/mol. The Hall–Kier alpha value is -0.870. The maximum atomic E-state index is 11.1. The number of allylic oxidation sites excluding steroid dienone is 1. The van der Waals surface area contributed by atoms with Crippen LogP contribution < -0.4 is 0 Å². The van der Waals surface area contributed by atoms with Crippen LogP contribution in [-0.4, -0.2) is 35.5 Å². The van der Waals surface area contributed by atoms with E-state index in [-0.39, 0.29) is 19.6 Å². The summed E-state index contributed by atoms with van der Waals surface area (Å²) in [5.41, 5.74) is 0.497. The predicted octanol–water partition coefficient (Wildman–Crippen LogP) is 0.239. The third-order valence-corrected chi connectivity index (χ3v) is 1.68. The Balaban J connectivity index is 4.01. The Kier molecular flexibility index (Phi) is 6.18. The molecule has 0 saturated carbocycles. The van der Waals surface area contributed by atoms with Gasteiger partial charge in [0.05, 0.1) is 6.61 Å². The lowest BCUT2D eigenvalue weighted by molar-refractivity contribution is -0.146. The molecule has 0 aliphatic carbocycles. The van der Waals surface area contributed by atoms with E-state index >= 15 is 0 Å². The molecule has 0 rings (SSSR count). The molecule has 0 bridgehead atoms. The number of carbonyl (C=O) groups excluding carboxylic acids is 1. The molecule has 76 valence electrons. The maximum absolute atomic E-state index is 11.1. The minimum absolute atomic E-state index is 0.104. The zero-order chi connectivity index (χ0) is 10.3. The molecule has 0 fully saturated rings. The molecule has 0 heterocycles. The van der Waals surface area contributed by atoms with Crippen LogP contribution in [0.5, 0.6) is 0 Å². The lowest BCUT2D eigenvalue weighted by Crippen LogP contribution is -2.23.